The van der Waals surface area contributed by atoms with E-state index in [0.29, 0.717) is 5.82 Å². The van der Waals surface area contributed by atoms with Gasteiger partial charge in [0, 0.05) is 13.3 Å². The second kappa shape index (κ2) is 5.37. The van der Waals surface area contributed by atoms with Crippen molar-refractivity contribution in [2.24, 2.45) is 0 Å². The van der Waals surface area contributed by atoms with Crippen LogP contribution in [-0.2, 0) is 4.74 Å². The van der Waals surface area contributed by atoms with Crippen molar-refractivity contribution in [2.45, 2.75) is 6.10 Å². The zero-order valence-electron chi connectivity index (χ0n) is 9.78. The van der Waals surface area contributed by atoms with Gasteiger partial charge >= 0.3 is 5.97 Å². The SMILES string of the molecule is COC(c1ccccc1)c1nccc(C(=O)O)n1. The molecule has 0 spiro atoms. The summed E-state index contributed by atoms with van der Waals surface area (Å²) in [7, 11) is 1.54. The third kappa shape index (κ3) is 2.52. The smallest absolute Gasteiger partial charge is 0.354 e. The lowest BCUT2D eigenvalue weighted by atomic mass is 10.1. The van der Waals surface area contributed by atoms with Crippen LogP contribution in [0.3, 0.4) is 0 Å². The van der Waals surface area contributed by atoms with Gasteiger partial charge in [0.15, 0.2) is 11.5 Å². The topological polar surface area (TPSA) is 72.3 Å². The Morgan fingerprint density at radius 1 is 1.28 bits per heavy atom. The zero-order chi connectivity index (χ0) is 13.0. The number of ether oxygens (including phenoxy) is 1. The maximum atomic E-state index is 10.9. The lowest BCUT2D eigenvalue weighted by molar-refractivity contribution is 0.0688. The number of carboxylic acid groups (broad SMARTS) is 1. The molecule has 2 aromatic rings. The highest BCUT2D eigenvalue weighted by atomic mass is 16.5. The summed E-state index contributed by atoms with van der Waals surface area (Å²) in [5.41, 5.74) is 0.834. The Morgan fingerprint density at radius 2 is 2.00 bits per heavy atom. The number of carbonyl (C=O) groups is 1. The molecule has 0 saturated carbocycles. The fourth-order valence-corrected chi connectivity index (χ4v) is 1.64. The molecule has 1 heterocycles. The number of methoxy groups -OCH3 is 1. The molecule has 0 fully saturated rings. The van der Waals surface area contributed by atoms with E-state index in [0.717, 1.165) is 5.56 Å². The van der Waals surface area contributed by atoms with Crippen molar-refractivity contribution in [3.63, 3.8) is 0 Å². The van der Waals surface area contributed by atoms with Gasteiger partial charge in [-0.2, -0.15) is 0 Å². The second-order valence-electron chi connectivity index (χ2n) is 3.63. The number of aromatic nitrogens is 2. The van der Waals surface area contributed by atoms with E-state index in [1.165, 1.54) is 19.4 Å². The molecule has 1 aromatic carbocycles. The Hall–Kier alpha value is -2.27. The number of hydrogen-bond donors (Lipinski definition) is 1. The number of benzene rings is 1. The van der Waals surface area contributed by atoms with Crippen molar-refractivity contribution in [3.05, 3.63) is 59.7 Å². The molecule has 0 aliphatic rings. The van der Waals surface area contributed by atoms with Gasteiger partial charge in [0.25, 0.3) is 0 Å². The van der Waals surface area contributed by atoms with Gasteiger partial charge in [0.2, 0.25) is 0 Å². The summed E-state index contributed by atoms with van der Waals surface area (Å²) in [5.74, 6) is -0.745. The molecule has 92 valence electrons. The maximum absolute atomic E-state index is 10.9. The number of nitrogens with zero attached hydrogens (tertiary/aromatic N) is 2. The van der Waals surface area contributed by atoms with Gasteiger partial charge in [-0.3, -0.25) is 0 Å². The van der Waals surface area contributed by atoms with Crippen LogP contribution in [-0.4, -0.2) is 28.2 Å². The fourth-order valence-electron chi connectivity index (χ4n) is 1.64. The molecule has 0 aliphatic heterocycles. The lowest BCUT2D eigenvalue weighted by Crippen LogP contribution is -2.11. The average molecular weight is 244 g/mol. The molecule has 1 N–H and O–H groups in total. The second-order valence-corrected chi connectivity index (χ2v) is 3.63. The molecule has 0 saturated heterocycles. The van der Waals surface area contributed by atoms with Crippen LogP contribution in [0.4, 0.5) is 0 Å². The minimum atomic E-state index is -1.08. The van der Waals surface area contributed by atoms with Gasteiger partial charge in [-0.05, 0) is 11.6 Å². The van der Waals surface area contributed by atoms with Gasteiger partial charge in [-0.15, -0.1) is 0 Å². The molecule has 5 heteroatoms. The number of hydrogen-bond acceptors (Lipinski definition) is 4. The lowest BCUT2D eigenvalue weighted by Gasteiger charge is -2.14. The molecule has 0 bridgehead atoms. The Balaban J connectivity index is 2.39. The van der Waals surface area contributed by atoms with E-state index in [2.05, 4.69) is 9.97 Å². The molecule has 18 heavy (non-hydrogen) atoms. The highest BCUT2D eigenvalue weighted by Crippen LogP contribution is 2.21. The van der Waals surface area contributed by atoms with E-state index in [4.69, 9.17) is 9.84 Å². The normalized spacial score (nSPS) is 12.1. The van der Waals surface area contributed by atoms with Gasteiger partial charge < -0.3 is 9.84 Å². The van der Waals surface area contributed by atoms with Gasteiger partial charge in [0.1, 0.15) is 6.10 Å². The van der Waals surface area contributed by atoms with Crippen LogP contribution in [0.15, 0.2) is 42.6 Å². The van der Waals surface area contributed by atoms with E-state index in [1.807, 2.05) is 30.3 Å². The Labute approximate surface area is 104 Å². The molecule has 5 nitrogen and oxygen atoms in total. The maximum Gasteiger partial charge on any atom is 0.354 e. The molecular formula is C13H12N2O3. The van der Waals surface area contributed by atoms with E-state index >= 15 is 0 Å². The van der Waals surface area contributed by atoms with Crippen LogP contribution in [0.2, 0.25) is 0 Å². The van der Waals surface area contributed by atoms with Crippen molar-refractivity contribution >= 4 is 5.97 Å². The summed E-state index contributed by atoms with van der Waals surface area (Å²) in [4.78, 5) is 18.9. The zero-order valence-corrected chi connectivity index (χ0v) is 9.78. The van der Waals surface area contributed by atoms with Gasteiger partial charge in [-0.25, -0.2) is 14.8 Å². The number of rotatable bonds is 4. The number of aromatic carboxylic acids is 1. The Morgan fingerprint density at radius 3 is 2.61 bits per heavy atom. The minimum absolute atomic E-state index is 0.0435. The van der Waals surface area contributed by atoms with Crippen molar-refractivity contribution < 1.29 is 14.6 Å². The summed E-state index contributed by atoms with van der Waals surface area (Å²) in [5, 5.41) is 8.90. The fraction of sp³-hybridized carbons (Fsp3) is 0.154. The molecular weight excluding hydrogens is 232 g/mol. The van der Waals surface area contributed by atoms with Crippen LogP contribution in [0.5, 0.6) is 0 Å². The van der Waals surface area contributed by atoms with Crippen molar-refractivity contribution in [1.29, 1.82) is 0 Å². The highest BCUT2D eigenvalue weighted by Gasteiger charge is 2.17. The van der Waals surface area contributed by atoms with Crippen LogP contribution >= 0.6 is 0 Å². The number of carboxylic acids is 1. The quantitative estimate of drug-likeness (QED) is 0.889. The minimum Gasteiger partial charge on any atom is -0.477 e. The molecule has 0 aliphatic carbocycles. The summed E-state index contributed by atoms with van der Waals surface area (Å²) >= 11 is 0. The van der Waals surface area contributed by atoms with E-state index in [1.54, 1.807) is 0 Å². The van der Waals surface area contributed by atoms with Crippen molar-refractivity contribution in [2.75, 3.05) is 7.11 Å². The van der Waals surface area contributed by atoms with Crippen molar-refractivity contribution in [3.8, 4) is 0 Å². The monoisotopic (exact) mass is 244 g/mol. The first-order valence-electron chi connectivity index (χ1n) is 5.36. The summed E-state index contributed by atoms with van der Waals surface area (Å²) in [6, 6.07) is 10.8. The van der Waals surface area contributed by atoms with Gasteiger partial charge in [-0.1, -0.05) is 30.3 Å². The highest BCUT2D eigenvalue weighted by molar-refractivity contribution is 5.85. The van der Waals surface area contributed by atoms with Crippen LogP contribution in [0, 0.1) is 0 Å². The van der Waals surface area contributed by atoms with Crippen LogP contribution in [0.25, 0.3) is 0 Å². The molecule has 0 radical (unpaired) electrons. The molecule has 0 amide bonds. The first-order chi connectivity index (χ1) is 8.72. The van der Waals surface area contributed by atoms with Gasteiger partial charge in [0.05, 0.1) is 0 Å². The average Bonchev–Trinajstić information content (AvgIpc) is 2.41. The standard InChI is InChI=1S/C13H12N2O3/c1-18-11(9-5-3-2-4-6-9)12-14-8-7-10(15-12)13(16)17/h2-8,11H,1H3,(H,16,17). The largest absolute Gasteiger partial charge is 0.477 e. The summed E-state index contributed by atoms with van der Waals surface area (Å²) in [6.07, 6.45) is 0.950. The van der Waals surface area contributed by atoms with Crippen molar-refractivity contribution in [1.82, 2.24) is 9.97 Å². The first-order valence-corrected chi connectivity index (χ1v) is 5.36. The molecule has 1 atom stereocenters. The van der Waals surface area contributed by atoms with Crippen LogP contribution < -0.4 is 0 Å². The van der Waals surface area contributed by atoms with E-state index in [-0.39, 0.29) is 5.69 Å². The predicted molar refractivity (Wildman–Crippen MR) is 64.3 cm³/mol. The summed E-state index contributed by atoms with van der Waals surface area (Å²) < 4.78 is 5.34. The molecule has 1 aromatic heterocycles. The third-order valence-corrected chi connectivity index (χ3v) is 2.47. The third-order valence-electron chi connectivity index (χ3n) is 2.47. The van der Waals surface area contributed by atoms with Crippen LogP contribution in [0.1, 0.15) is 28.0 Å². The molecule has 1 unspecified atom stereocenters. The summed E-state index contributed by atoms with van der Waals surface area (Å²) in [6.45, 7) is 0. The Kier molecular flexibility index (Phi) is 3.64. The predicted octanol–water partition coefficient (Wildman–Crippen LogP) is 1.91. The first kappa shape index (κ1) is 12.2. The van der Waals surface area contributed by atoms with E-state index < -0.39 is 12.1 Å². The Bertz CT molecular complexity index is 543. The molecule has 2 rings (SSSR count). The van der Waals surface area contributed by atoms with E-state index in [9.17, 15) is 4.79 Å².